The van der Waals surface area contributed by atoms with Crippen molar-refractivity contribution in [2.24, 2.45) is 5.10 Å². The molecule has 0 bridgehead atoms. The Morgan fingerprint density at radius 1 is 1.28 bits per heavy atom. The molecule has 0 saturated carbocycles. The van der Waals surface area contributed by atoms with Crippen molar-refractivity contribution >= 4 is 29.0 Å². The van der Waals surface area contributed by atoms with E-state index >= 15 is 0 Å². The molecule has 0 atom stereocenters. The molecule has 0 saturated heterocycles. The van der Waals surface area contributed by atoms with Gasteiger partial charge in [0.05, 0.1) is 18.7 Å². The van der Waals surface area contributed by atoms with Gasteiger partial charge in [-0.25, -0.2) is 5.43 Å². The molecule has 0 spiro atoms. The van der Waals surface area contributed by atoms with Crippen LogP contribution in [0, 0.1) is 5.41 Å². The van der Waals surface area contributed by atoms with Crippen molar-refractivity contribution in [3.63, 3.8) is 0 Å². The van der Waals surface area contributed by atoms with Gasteiger partial charge in [0, 0.05) is 30.8 Å². The van der Waals surface area contributed by atoms with Gasteiger partial charge in [-0.2, -0.15) is 5.10 Å². The lowest BCUT2D eigenvalue weighted by atomic mass is 10.0. The van der Waals surface area contributed by atoms with E-state index in [2.05, 4.69) is 15.8 Å². The summed E-state index contributed by atoms with van der Waals surface area (Å²) in [7, 11) is 0. The zero-order valence-corrected chi connectivity index (χ0v) is 14.4. The van der Waals surface area contributed by atoms with Crippen molar-refractivity contribution in [2.45, 2.75) is 39.0 Å². The van der Waals surface area contributed by atoms with Crippen LogP contribution in [0.25, 0.3) is 0 Å². The molecule has 0 radical (unpaired) electrons. The summed E-state index contributed by atoms with van der Waals surface area (Å²) in [5, 5.41) is 14.6. The van der Waals surface area contributed by atoms with Gasteiger partial charge in [0.25, 0.3) is 0 Å². The Kier molecular flexibility index (Phi) is 7.13. The first kappa shape index (κ1) is 18.6. The predicted molar refractivity (Wildman–Crippen MR) is 97.1 cm³/mol. The minimum absolute atomic E-state index is 0.0410. The molecule has 1 heterocycles. The molecule has 0 aromatic heterocycles. The van der Waals surface area contributed by atoms with Crippen molar-refractivity contribution in [3.8, 4) is 0 Å². The summed E-state index contributed by atoms with van der Waals surface area (Å²) in [5.41, 5.74) is 5.74. The lowest BCUT2D eigenvalue weighted by Crippen LogP contribution is -2.25. The number of hydrogen-bond donors (Lipinski definition) is 3. The number of nitrogens with one attached hydrogen (secondary N) is 3. The minimum atomic E-state index is -0.335. The first-order valence-electron chi connectivity index (χ1n) is 8.44. The molecule has 25 heavy (non-hydrogen) atoms. The number of benzene rings is 1. The van der Waals surface area contributed by atoms with Crippen molar-refractivity contribution in [2.75, 3.05) is 18.5 Å². The quantitative estimate of drug-likeness (QED) is 0.364. The second-order valence-electron chi connectivity index (χ2n) is 5.98. The topological polar surface area (TPSA) is 104 Å². The second-order valence-corrected chi connectivity index (χ2v) is 5.98. The van der Waals surface area contributed by atoms with E-state index in [-0.39, 0.29) is 18.3 Å². The highest BCUT2D eigenvalue weighted by Gasteiger charge is 2.12. The van der Waals surface area contributed by atoms with Crippen LogP contribution >= 0.6 is 0 Å². The molecule has 1 aliphatic heterocycles. The zero-order valence-electron chi connectivity index (χ0n) is 14.4. The first-order chi connectivity index (χ1) is 12.0. The Bertz CT molecular complexity index is 653. The van der Waals surface area contributed by atoms with Crippen LogP contribution in [-0.2, 0) is 14.3 Å². The van der Waals surface area contributed by atoms with Gasteiger partial charge in [0.15, 0.2) is 0 Å². The van der Waals surface area contributed by atoms with Crippen LogP contribution in [0.3, 0.4) is 0 Å². The first-order valence-corrected chi connectivity index (χ1v) is 8.44. The minimum Gasteiger partial charge on any atom is -0.465 e. The van der Waals surface area contributed by atoms with Gasteiger partial charge >= 0.3 is 5.97 Å². The molecule has 1 amide bonds. The summed E-state index contributed by atoms with van der Waals surface area (Å²) < 4.78 is 5.04. The number of amides is 1. The largest absolute Gasteiger partial charge is 0.465 e. The molecule has 7 nitrogen and oxygen atoms in total. The summed E-state index contributed by atoms with van der Waals surface area (Å²) in [6, 6.07) is 7.95. The molecule has 7 heteroatoms. The highest BCUT2D eigenvalue weighted by Crippen LogP contribution is 2.14. The van der Waals surface area contributed by atoms with Crippen LogP contribution in [0.4, 0.5) is 5.69 Å². The zero-order chi connectivity index (χ0) is 18.1. The Morgan fingerprint density at radius 2 is 2.04 bits per heavy atom. The smallest absolute Gasteiger partial charge is 0.311 e. The fourth-order valence-electron chi connectivity index (χ4n) is 2.38. The molecule has 1 aromatic rings. The van der Waals surface area contributed by atoms with Crippen LogP contribution in [0.15, 0.2) is 29.4 Å². The van der Waals surface area contributed by atoms with Crippen molar-refractivity contribution in [1.82, 2.24) is 5.43 Å². The van der Waals surface area contributed by atoms with E-state index in [1.54, 1.807) is 6.92 Å². The van der Waals surface area contributed by atoms with E-state index in [0.29, 0.717) is 25.2 Å². The third-order valence-electron chi connectivity index (χ3n) is 3.70. The third kappa shape index (κ3) is 6.74. The average molecular weight is 344 g/mol. The summed E-state index contributed by atoms with van der Waals surface area (Å²) in [4.78, 5) is 22.4. The van der Waals surface area contributed by atoms with E-state index in [0.717, 1.165) is 36.3 Å². The maximum absolute atomic E-state index is 11.3. The van der Waals surface area contributed by atoms with Crippen LogP contribution in [0.1, 0.15) is 44.6 Å². The van der Waals surface area contributed by atoms with Crippen LogP contribution < -0.4 is 10.7 Å². The molecular weight excluding hydrogens is 320 g/mol. The lowest BCUT2D eigenvalue weighted by molar-refractivity contribution is -0.142. The van der Waals surface area contributed by atoms with Crippen molar-refractivity contribution in [3.05, 3.63) is 29.8 Å². The summed E-state index contributed by atoms with van der Waals surface area (Å²) >= 11 is 0. The van der Waals surface area contributed by atoms with Gasteiger partial charge < -0.3 is 15.5 Å². The average Bonchev–Trinajstić information content (AvgIpc) is 2.58. The summed E-state index contributed by atoms with van der Waals surface area (Å²) in [6.07, 6.45) is 2.87. The Morgan fingerprint density at radius 3 is 2.68 bits per heavy atom. The van der Waals surface area contributed by atoms with E-state index in [4.69, 9.17) is 10.1 Å². The summed E-state index contributed by atoms with van der Waals surface area (Å²) in [6.45, 7) is 2.77. The fourth-order valence-corrected chi connectivity index (χ4v) is 2.38. The standard InChI is InChI=1S/C18H24N4O3/c1-13(19)12-18(24)25-11-3-2-10-20-15-6-4-14(5-7-15)16-8-9-17(23)22-21-16/h4-7,19-20H,2-3,8-12H2,1H3,(H,22,23). The lowest BCUT2D eigenvalue weighted by Gasteiger charge is -2.13. The highest BCUT2D eigenvalue weighted by atomic mass is 16.5. The van der Waals surface area contributed by atoms with E-state index in [9.17, 15) is 9.59 Å². The van der Waals surface area contributed by atoms with E-state index in [1.807, 2.05) is 24.3 Å². The maximum Gasteiger partial charge on any atom is 0.311 e. The molecule has 1 aliphatic rings. The number of rotatable bonds is 9. The van der Waals surface area contributed by atoms with Crippen LogP contribution in [-0.4, -0.2) is 36.5 Å². The van der Waals surface area contributed by atoms with Gasteiger partial charge in [-0.15, -0.1) is 0 Å². The second kappa shape index (κ2) is 9.56. The molecule has 2 rings (SSSR count). The van der Waals surface area contributed by atoms with Gasteiger partial charge in [0.1, 0.15) is 0 Å². The SMILES string of the molecule is CC(=N)CC(=O)OCCCCNc1ccc(C2=NNC(=O)CC2)cc1. The number of unbranched alkanes of at least 4 members (excludes halogenated alkanes) is 1. The van der Waals surface area contributed by atoms with Gasteiger partial charge in [-0.3, -0.25) is 9.59 Å². The molecule has 0 aliphatic carbocycles. The number of hydrogen-bond acceptors (Lipinski definition) is 6. The molecular formula is C18H24N4O3. The Balaban J connectivity index is 1.64. The number of hydrazone groups is 1. The number of anilines is 1. The fraction of sp³-hybridized carbons (Fsp3) is 0.444. The Labute approximate surface area is 147 Å². The number of nitrogens with zero attached hydrogens (tertiary/aromatic N) is 1. The monoisotopic (exact) mass is 344 g/mol. The number of carbonyl (C=O) groups is 2. The predicted octanol–water partition coefficient (Wildman–Crippen LogP) is 2.47. The van der Waals surface area contributed by atoms with Crippen molar-refractivity contribution in [1.29, 1.82) is 5.41 Å². The maximum atomic E-state index is 11.3. The molecule has 1 aromatic carbocycles. The van der Waals surface area contributed by atoms with Crippen molar-refractivity contribution < 1.29 is 14.3 Å². The molecule has 0 unspecified atom stereocenters. The molecule has 134 valence electrons. The van der Waals surface area contributed by atoms with E-state index in [1.165, 1.54) is 0 Å². The normalized spacial score (nSPS) is 13.6. The number of carbonyl (C=O) groups excluding carboxylic acids is 2. The summed E-state index contributed by atoms with van der Waals surface area (Å²) in [5.74, 6) is -0.376. The number of esters is 1. The van der Waals surface area contributed by atoms with Gasteiger partial charge in [-0.05, 0) is 37.5 Å². The highest BCUT2D eigenvalue weighted by molar-refractivity contribution is 6.04. The Hall–Kier alpha value is -2.70. The van der Waals surface area contributed by atoms with Gasteiger partial charge in [0.2, 0.25) is 5.91 Å². The van der Waals surface area contributed by atoms with Crippen LogP contribution in [0.5, 0.6) is 0 Å². The van der Waals surface area contributed by atoms with Crippen LogP contribution in [0.2, 0.25) is 0 Å². The molecule has 0 fully saturated rings. The van der Waals surface area contributed by atoms with E-state index < -0.39 is 0 Å². The molecule has 3 N–H and O–H groups in total. The van der Waals surface area contributed by atoms with Gasteiger partial charge in [-0.1, -0.05) is 12.1 Å². The number of ether oxygens (including phenoxy) is 1. The third-order valence-corrected chi connectivity index (χ3v) is 3.70.